The van der Waals surface area contributed by atoms with E-state index in [9.17, 15) is 14.4 Å². The molecule has 1 atom stereocenters. The molecule has 0 fully saturated rings. The van der Waals surface area contributed by atoms with Crippen LogP contribution in [0.2, 0.25) is 0 Å². The molecule has 0 spiro atoms. The third-order valence-electron chi connectivity index (χ3n) is 13.9. The summed E-state index contributed by atoms with van der Waals surface area (Å²) < 4.78 is 16.9. The second-order valence-electron chi connectivity index (χ2n) is 20.6. The van der Waals surface area contributed by atoms with E-state index in [1.165, 1.54) is 250 Å². The Labute approximate surface area is 412 Å². The summed E-state index contributed by atoms with van der Waals surface area (Å²) in [5.41, 5.74) is 0. The van der Waals surface area contributed by atoms with Crippen LogP contribution in [0.15, 0.2) is 0 Å². The molecule has 0 aliphatic heterocycles. The minimum atomic E-state index is -0.760. The highest BCUT2D eigenvalue weighted by Crippen LogP contribution is 2.18. The van der Waals surface area contributed by atoms with Crippen LogP contribution in [-0.4, -0.2) is 37.2 Å². The van der Waals surface area contributed by atoms with Crippen LogP contribution >= 0.6 is 0 Å². The topological polar surface area (TPSA) is 78.9 Å². The van der Waals surface area contributed by atoms with Gasteiger partial charge in [0.15, 0.2) is 6.10 Å². The van der Waals surface area contributed by atoms with Gasteiger partial charge in [-0.2, -0.15) is 0 Å². The highest BCUT2D eigenvalue weighted by atomic mass is 16.6. The fourth-order valence-electron chi connectivity index (χ4n) is 9.33. The highest BCUT2D eigenvalue weighted by molar-refractivity contribution is 5.71. The van der Waals surface area contributed by atoms with Gasteiger partial charge in [-0.15, -0.1) is 0 Å². The fraction of sp³-hybridized carbons (Fsp3) is 0.950. The normalized spacial score (nSPS) is 11.9. The lowest BCUT2D eigenvalue weighted by atomic mass is 10.0. The molecule has 0 heterocycles. The summed E-state index contributed by atoms with van der Waals surface area (Å²) in [6.45, 7) is 6.69. The molecule has 6 heteroatoms. The van der Waals surface area contributed by atoms with Crippen LogP contribution in [0.3, 0.4) is 0 Å². The molecule has 0 bridgehead atoms. The van der Waals surface area contributed by atoms with Crippen molar-refractivity contribution >= 4 is 17.9 Å². The summed E-state index contributed by atoms with van der Waals surface area (Å²) in [6, 6.07) is 0. The van der Waals surface area contributed by atoms with Crippen LogP contribution in [-0.2, 0) is 28.6 Å². The Morgan fingerprint density at radius 3 is 0.606 bits per heavy atom. The zero-order chi connectivity index (χ0) is 47.9. The largest absolute Gasteiger partial charge is 0.462 e. The molecule has 6 nitrogen and oxygen atoms in total. The summed E-state index contributed by atoms with van der Waals surface area (Å²) in [5.74, 6) is -0.834. The number of hydrogen-bond donors (Lipinski definition) is 0. The fourth-order valence-corrected chi connectivity index (χ4v) is 9.33. The first kappa shape index (κ1) is 64.4. The van der Waals surface area contributed by atoms with Gasteiger partial charge in [-0.3, -0.25) is 14.4 Å². The van der Waals surface area contributed by atoms with E-state index in [0.29, 0.717) is 19.3 Å². The lowest BCUT2D eigenvalue weighted by Gasteiger charge is -2.18. The van der Waals surface area contributed by atoms with Crippen molar-refractivity contribution in [2.45, 2.75) is 354 Å². The van der Waals surface area contributed by atoms with Gasteiger partial charge >= 0.3 is 17.9 Å². The molecule has 0 saturated heterocycles. The monoisotopic (exact) mass is 933 g/mol. The molecule has 0 radical (unpaired) electrons. The summed E-state index contributed by atoms with van der Waals surface area (Å²) in [5, 5.41) is 0. The summed E-state index contributed by atoms with van der Waals surface area (Å²) in [6.07, 6.45) is 62.5. The molecular formula is C60H116O6. The maximum absolute atomic E-state index is 12.8. The zero-order valence-electron chi connectivity index (χ0n) is 45.0. The average Bonchev–Trinajstić information content (AvgIpc) is 3.31. The Morgan fingerprint density at radius 2 is 0.409 bits per heavy atom. The van der Waals surface area contributed by atoms with Crippen LogP contribution in [0.25, 0.3) is 0 Å². The number of rotatable bonds is 56. The number of unbranched alkanes of at least 4 members (excludes halogenated alkanes) is 45. The van der Waals surface area contributed by atoms with Crippen LogP contribution in [0.1, 0.15) is 348 Å². The Kier molecular flexibility index (Phi) is 54.7. The predicted molar refractivity (Wildman–Crippen MR) is 284 cm³/mol. The standard InChI is InChI=1S/C60H116O6/c1-4-7-10-13-16-19-21-23-25-27-29-31-32-34-36-38-41-44-47-50-53-59(62)65-56-57(55-64-58(61)52-49-46-43-40-18-15-12-9-6-3)66-60(63)54-51-48-45-42-39-37-35-33-30-28-26-24-22-20-17-14-11-8-5-2/h57H,4-56H2,1-3H3. The molecular weight excluding hydrogens is 817 g/mol. The number of hydrogen-bond acceptors (Lipinski definition) is 6. The van der Waals surface area contributed by atoms with E-state index in [1.54, 1.807) is 0 Å². The summed E-state index contributed by atoms with van der Waals surface area (Å²) >= 11 is 0. The second-order valence-corrected chi connectivity index (χ2v) is 20.6. The zero-order valence-corrected chi connectivity index (χ0v) is 45.0. The van der Waals surface area contributed by atoms with Gasteiger partial charge in [-0.25, -0.2) is 0 Å². The molecule has 392 valence electrons. The molecule has 0 aromatic heterocycles. The minimum absolute atomic E-state index is 0.0612. The van der Waals surface area contributed by atoms with Gasteiger partial charge in [-0.1, -0.05) is 310 Å². The lowest BCUT2D eigenvalue weighted by molar-refractivity contribution is -0.167. The third kappa shape index (κ3) is 53.4. The van der Waals surface area contributed by atoms with Gasteiger partial charge < -0.3 is 14.2 Å². The molecule has 0 rings (SSSR count). The van der Waals surface area contributed by atoms with E-state index >= 15 is 0 Å². The maximum Gasteiger partial charge on any atom is 0.306 e. The molecule has 0 aromatic rings. The van der Waals surface area contributed by atoms with Crippen molar-refractivity contribution in [1.29, 1.82) is 0 Å². The first-order valence-electron chi connectivity index (χ1n) is 30.0. The lowest BCUT2D eigenvalue weighted by Crippen LogP contribution is -2.30. The average molecular weight is 934 g/mol. The first-order valence-corrected chi connectivity index (χ1v) is 30.0. The molecule has 0 aromatic carbocycles. The van der Waals surface area contributed by atoms with Gasteiger partial charge in [0.25, 0.3) is 0 Å². The minimum Gasteiger partial charge on any atom is -0.462 e. The van der Waals surface area contributed by atoms with E-state index in [2.05, 4.69) is 20.8 Å². The van der Waals surface area contributed by atoms with E-state index in [0.717, 1.165) is 57.8 Å². The third-order valence-corrected chi connectivity index (χ3v) is 13.9. The van der Waals surface area contributed by atoms with Crippen molar-refractivity contribution < 1.29 is 28.6 Å². The number of esters is 3. The van der Waals surface area contributed by atoms with E-state index in [1.807, 2.05) is 0 Å². The molecule has 0 saturated carbocycles. The van der Waals surface area contributed by atoms with Crippen LogP contribution in [0, 0.1) is 0 Å². The molecule has 1 unspecified atom stereocenters. The Balaban J connectivity index is 4.17. The number of carbonyl (C=O) groups excluding carboxylic acids is 3. The van der Waals surface area contributed by atoms with E-state index in [4.69, 9.17) is 14.2 Å². The van der Waals surface area contributed by atoms with Crippen molar-refractivity contribution in [3.05, 3.63) is 0 Å². The van der Waals surface area contributed by atoms with Crippen molar-refractivity contribution in [2.75, 3.05) is 13.2 Å². The summed E-state index contributed by atoms with van der Waals surface area (Å²) in [7, 11) is 0. The molecule has 0 aliphatic rings. The number of ether oxygens (including phenoxy) is 3. The number of carbonyl (C=O) groups is 3. The van der Waals surface area contributed by atoms with Crippen LogP contribution in [0.4, 0.5) is 0 Å². The van der Waals surface area contributed by atoms with Crippen LogP contribution in [0.5, 0.6) is 0 Å². The Bertz CT molecular complexity index is 982. The van der Waals surface area contributed by atoms with Crippen molar-refractivity contribution in [2.24, 2.45) is 0 Å². The maximum atomic E-state index is 12.8. The Hall–Kier alpha value is -1.59. The summed E-state index contributed by atoms with van der Waals surface area (Å²) in [4.78, 5) is 38.1. The van der Waals surface area contributed by atoms with Crippen molar-refractivity contribution in [1.82, 2.24) is 0 Å². The smallest absolute Gasteiger partial charge is 0.306 e. The van der Waals surface area contributed by atoms with Gasteiger partial charge in [0, 0.05) is 19.3 Å². The van der Waals surface area contributed by atoms with Gasteiger partial charge in [0.05, 0.1) is 0 Å². The second kappa shape index (κ2) is 56.0. The van der Waals surface area contributed by atoms with Crippen molar-refractivity contribution in [3.8, 4) is 0 Å². The highest BCUT2D eigenvalue weighted by Gasteiger charge is 2.19. The molecule has 0 amide bonds. The first-order chi connectivity index (χ1) is 32.5. The van der Waals surface area contributed by atoms with Gasteiger partial charge in [-0.05, 0) is 19.3 Å². The van der Waals surface area contributed by atoms with E-state index in [-0.39, 0.29) is 31.1 Å². The molecule has 0 aliphatic carbocycles. The van der Waals surface area contributed by atoms with Crippen molar-refractivity contribution in [3.63, 3.8) is 0 Å². The van der Waals surface area contributed by atoms with Gasteiger partial charge in [0.2, 0.25) is 0 Å². The SMILES string of the molecule is CCCCCCCCCCCCCCCCCCCCCCC(=O)OCC(COC(=O)CCCCCCCCCCC)OC(=O)CCCCCCCCCCCCCCCCCCCCC. The van der Waals surface area contributed by atoms with Crippen LogP contribution < -0.4 is 0 Å². The predicted octanol–water partition coefficient (Wildman–Crippen LogP) is 19.9. The van der Waals surface area contributed by atoms with Gasteiger partial charge in [0.1, 0.15) is 13.2 Å². The molecule has 66 heavy (non-hydrogen) atoms. The molecule has 0 N–H and O–H groups in total. The quantitative estimate of drug-likeness (QED) is 0.0343. The Morgan fingerprint density at radius 1 is 0.242 bits per heavy atom. The van der Waals surface area contributed by atoms with E-state index < -0.39 is 6.10 Å².